The van der Waals surface area contributed by atoms with Crippen LogP contribution in [0.25, 0.3) is 5.76 Å². The van der Waals surface area contributed by atoms with Gasteiger partial charge in [-0.15, -0.1) is 0 Å². The van der Waals surface area contributed by atoms with Crippen LogP contribution in [0, 0.1) is 0 Å². The predicted octanol–water partition coefficient (Wildman–Crippen LogP) is 4.17. The molecule has 0 bridgehead atoms. The van der Waals surface area contributed by atoms with Gasteiger partial charge in [0.15, 0.2) is 0 Å². The summed E-state index contributed by atoms with van der Waals surface area (Å²) in [4.78, 5) is 32.8. The number of carbonyl (C=O) groups is 2. The molecule has 0 spiro atoms. The molecule has 2 aliphatic rings. The van der Waals surface area contributed by atoms with Crippen molar-refractivity contribution in [3.63, 3.8) is 0 Å². The van der Waals surface area contributed by atoms with E-state index >= 15 is 0 Å². The van der Waals surface area contributed by atoms with Crippen molar-refractivity contribution >= 4 is 28.8 Å². The molecule has 38 heavy (non-hydrogen) atoms. The molecular formula is C30H31N3O5. The SMILES string of the molecule is CCOc1cccc(/C(O)=C2\C(=O)C(=O)N(c3ccc(N4CCN(C)CC4)cc3)C2c2ccc(O)cc2)c1. The van der Waals surface area contributed by atoms with Gasteiger partial charge in [0, 0.05) is 43.1 Å². The molecule has 2 saturated heterocycles. The quantitative estimate of drug-likeness (QED) is 0.290. The van der Waals surface area contributed by atoms with E-state index in [2.05, 4.69) is 16.8 Å². The van der Waals surface area contributed by atoms with Gasteiger partial charge in [0.1, 0.15) is 17.3 Å². The molecule has 8 nitrogen and oxygen atoms in total. The van der Waals surface area contributed by atoms with Crippen molar-refractivity contribution in [3.05, 3.63) is 89.5 Å². The zero-order chi connectivity index (χ0) is 26.8. The number of phenolic OH excluding ortho intramolecular Hbond substituents is 1. The lowest BCUT2D eigenvalue weighted by atomic mass is 9.95. The van der Waals surface area contributed by atoms with E-state index in [1.54, 1.807) is 36.4 Å². The molecule has 8 heteroatoms. The van der Waals surface area contributed by atoms with E-state index in [0.717, 1.165) is 31.9 Å². The summed E-state index contributed by atoms with van der Waals surface area (Å²) in [5.74, 6) is -1.17. The maximum atomic E-state index is 13.4. The lowest BCUT2D eigenvalue weighted by molar-refractivity contribution is -0.132. The molecule has 2 heterocycles. The number of piperazine rings is 1. The van der Waals surface area contributed by atoms with E-state index in [1.807, 2.05) is 31.2 Å². The summed E-state index contributed by atoms with van der Waals surface area (Å²) < 4.78 is 5.56. The molecule has 196 valence electrons. The number of hydrogen-bond donors (Lipinski definition) is 2. The first-order chi connectivity index (χ1) is 18.4. The topological polar surface area (TPSA) is 93.5 Å². The fraction of sp³-hybridized carbons (Fsp3) is 0.267. The number of ketones is 1. The zero-order valence-electron chi connectivity index (χ0n) is 21.5. The standard InChI is InChI=1S/C30H31N3O5/c1-3-38-25-6-4-5-21(19-25)28(35)26-27(20-7-13-24(34)14-8-20)33(30(37)29(26)36)23-11-9-22(10-12-23)32-17-15-31(2)16-18-32/h4-14,19,27,34-35H,3,15-18H2,1-2H3/b28-26+. The van der Waals surface area contributed by atoms with Crippen molar-refractivity contribution in [2.45, 2.75) is 13.0 Å². The minimum Gasteiger partial charge on any atom is -0.508 e. The number of nitrogens with zero attached hydrogens (tertiary/aromatic N) is 3. The Morgan fingerprint density at radius 3 is 2.24 bits per heavy atom. The van der Waals surface area contributed by atoms with Crippen molar-refractivity contribution in [1.29, 1.82) is 0 Å². The highest BCUT2D eigenvalue weighted by Gasteiger charge is 2.47. The first kappa shape index (κ1) is 25.4. The van der Waals surface area contributed by atoms with Crippen LogP contribution in [0.15, 0.2) is 78.4 Å². The number of aliphatic hydroxyl groups is 1. The molecule has 1 unspecified atom stereocenters. The predicted molar refractivity (Wildman–Crippen MR) is 147 cm³/mol. The Labute approximate surface area is 222 Å². The number of amides is 1. The van der Waals surface area contributed by atoms with Crippen LogP contribution in [0.2, 0.25) is 0 Å². The number of Topliss-reactive ketones (excluding diaryl/α,β-unsaturated/α-hetero) is 1. The van der Waals surface area contributed by atoms with E-state index in [-0.39, 0.29) is 17.1 Å². The van der Waals surface area contributed by atoms with E-state index in [1.165, 1.54) is 17.0 Å². The maximum absolute atomic E-state index is 13.4. The molecule has 0 aliphatic carbocycles. The van der Waals surface area contributed by atoms with Crippen LogP contribution in [0.3, 0.4) is 0 Å². The van der Waals surface area contributed by atoms with Crippen LogP contribution in [0.5, 0.6) is 11.5 Å². The van der Waals surface area contributed by atoms with Crippen LogP contribution >= 0.6 is 0 Å². The van der Waals surface area contributed by atoms with Crippen LogP contribution in [0.1, 0.15) is 24.1 Å². The number of rotatable bonds is 6. The second-order valence-corrected chi connectivity index (χ2v) is 9.53. The van der Waals surface area contributed by atoms with Gasteiger partial charge < -0.3 is 24.7 Å². The first-order valence-electron chi connectivity index (χ1n) is 12.7. The van der Waals surface area contributed by atoms with Crippen molar-refractivity contribution in [1.82, 2.24) is 4.90 Å². The fourth-order valence-electron chi connectivity index (χ4n) is 5.01. The van der Waals surface area contributed by atoms with Crippen LogP contribution in [0.4, 0.5) is 11.4 Å². The molecule has 3 aromatic carbocycles. The Morgan fingerprint density at radius 1 is 0.921 bits per heavy atom. The summed E-state index contributed by atoms with van der Waals surface area (Å²) in [6.07, 6.45) is 0. The number of aliphatic hydroxyl groups excluding tert-OH is 1. The Kier molecular flexibility index (Phi) is 7.07. The minimum atomic E-state index is -0.874. The zero-order valence-corrected chi connectivity index (χ0v) is 21.5. The van der Waals surface area contributed by atoms with E-state index in [4.69, 9.17) is 4.74 Å². The van der Waals surface area contributed by atoms with Crippen LogP contribution in [-0.4, -0.2) is 66.6 Å². The molecule has 5 rings (SSSR count). The molecule has 1 atom stereocenters. The average molecular weight is 514 g/mol. The summed E-state index contributed by atoms with van der Waals surface area (Å²) in [6, 6.07) is 19.8. The lowest BCUT2D eigenvalue weighted by Gasteiger charge is -2.34. The molecule has 0 aromatic heterocycles. The van der Waals surface area contributed by atoms with E-state index in [9.17, 15) is 19.8 Å². The maximum Gasteiger partial charge on any atom is 0.300 e. The largest absolute Gasteiger partial charge is 0.508 e. The van der Waals surface area contributed by atoms with Gasteiger partial charge in [-0.05, 0) is 68.1 Å². The third kappa shape index (κ3) is 4.82. The van der Waals surface area contributed by atoms with Gasteiger partial charge in [0.25, 0.3) is 11.7 Å². The number of ether oxygens (including phenoxy) is 1. The summed E-state index contributed by atoms with van der Waals surface area (Å²) in [7, 11) is 2.10. The van der Waals surface area contributed by atoms with Crippen molar-refractivity contribution in [2.75, 3.05) is 49.6 Å². The summed E-state index contributed by atoms with van der Waals surface area (Å²) in [5, 5.41) is 21.2. The number of benzene rings is 3. The Hall–Kier alpha value is -4.30. The highest BCUT2D eigenvalue weighted by atomic mass is 16.5. The van der Waals surface area contributed by atoms with Gasteiger partial charge in [-0.1, -0.05) is 24.3 Å². The Bertz CT molecular complexity index is 1360. The first-order valence-corrected chi connectivity index (χ1v) is 12.7. The summed E-state index contributed by atoms with van der Waals surface area (Å²) in [6.45, 7) is 6.08. The number of carbonyl (C=O) groups excluding carboxylic acids is 2. The van der Waals surface area contributed by atoms with Gasteiger partial charge in [-0.25, -0.2) is 0 Å². The average Bonchev–Trinajstić information content (AvgIpc) is 3.19. The van der Waals surface area contributed by atoms with Crippen molar-refractivity contribution in [3.8, 4) is 11.5 Å². The monoisotopic (exact) mass is 513 g/mol. The van der Waals surface area contributed by atoms with E-state index in [0.29, 0.717) is 29.2 Å². The third-order valence-electron chi connectivity index (χ3n) is 7.07. The van der Waals surface area contributed by atoms with Crippen molar-refractivity contribution in [2.24, 2.45) is 0 Å². The molecule has 2 aliphatic heterocycles. The summed E-state index contributed by atoms with van der Waals surface area (Å²) in [5.41, 5.74) is 2.55. The van der Waals surface area contributed by atoms with Crippen molar-refractivity contribution < 1.29 is 24.5 Å². The summed E-state index contributed by atoms with van der Waals surface area (Å²) >= 11 is 0. The smallest absolute Gasteiger partial charge is 0.300 e. The second kappa shape index (κ2) is 10.6. The van der Waals surface area contributed by atoms with Crippen LogP contribution in [-0.2, 0) is 9.59 Å². The molecule has 3 aromatic rings. The fourth-order valence-corrected chi connectivity index (χ4v) is 5.01. The highest BCUT2D eigenvalue weighted by molar-refractivity contribution is 6.51. The van der Waals surface area contributed by atoms with E-state index < -0.39 is 17.7 Å². The van der Waals surface area contributed by atoms with Gasteiger partial charge >= 0.3 is 0 Å². The number of aromatic hydroxyl groups is 1. The van der Waals surface area contributed by atoms with Gasteiger partial charge in [-0.2, -0.15) is 0 Å². The molecule has 0 radical (unpaired) electrons. The number of anilines is 2. The highest BCUT2D eigenvalue weighted by Crippen LogP contribution is 2.43. The van der Waals surface area contributed by atoms with Gasteiger partial charge in [0.05, 0.1) is 18.2 Å². The number of hydrogen-bond acceptors (Lipinski definition) is 7. The van der Waals surface area contributed by atoms with Crippen LogP contribution < -0.4 is 14.5 Å². The third-order valence-corrected chi connectivity index (χ3v) is 7.07. The lowest BCUT2D eigenvalue weighted by Crippen LogP contribution is -2.44. The number of phenols is 1. The minimum absolute atomic E-state index is 0.0162. The molecular weight excluding hydrogens is 482 g/mol. The normalized spacial score (nSPS) is 19.7. The second-order valence-electron chi connectivity index (χ2n) is 9.53. The van der Waals surface area contributed by atoms with Gasteiger partial charge in [-0.3, -0.25) is 14.5 Å². The Balaban J connectivity index is 1.57. The van der Waals surface area contributed by atoms with Gasteiger partial charge in [0.2, 0.25) is 0 Å². The Morgan fingerprint density at radius 2 is 1.58 bits per heavy atom. The molecule has 1 amide bonds. The molecule has 2 fully saturated rings. The molecule has 2 N–H and O–H groups in total. The number of likely N-dealkylation sites (N-methyl/N-ethyl adjacent to an activating group) is 1. The molecule has 0 saturated carbocycles.